The highest BCUT2D eigenvalue weighted by atomic mass is 16.5. The number of aryl methyl sites for hydroxylation is 1. The van der Waals surface area contributed by atoms with Crippen molar-refractivity contribution in [2.75, 3.05) is 26.8 Å². The molecule has 0 amide bonds. The molecule has 0 saturated carbocycles. The van der Waals surface area contributed by atoms with E-state index in [9.17, 15) is 4.79 Å². The van der Waals surface area contributed by atoms with Crippen molar-refractivity contribution < 1.29 is 29.3 Å². The number of nitrogens with zero attached hydrogens (tertiary/aromatic N) is 1. The zero-order chi connectivity index (χ0) is 21.1. The fraction of sp³-hybridized carbons (Fsp3) is 0.571. The standard InChI is InChI=1S/C19H29NO2.C2H2O4/c1-4-11-20(12-5-2)16-10-9-15-7-6-8-17(18(15)13-16)19(21)14-22-3;3-1(4)2(5)6/h6-8,16H,4-5,9-14H2,1-3H3;(H,3,4)(H,5,6). The van der Waals surface area contributed by atoms with E-state index in [-0.39, 0.29) is 12.4 Å². The summed E-state index contributed by atoms with van der Waals surface area (Å²) in [5.41, 5.74) is 3.49. The second-order valence-corrected chi connectivity index (χ2v) is 6.84. The molecule has 1 aliphatic rings. The average molecular weight is 393 g/mol. The minimum absolute atomic E-state index is 0.109. The summed E-state index contributed by atoms with van der Waals surface area (Å²) in [7, 11) is 1.58. The number of carbonyl (C=O) groups is 3. The fourth-order valence-corrected chi connectivity index (χ4v) is 3.60. The van der Waals surface area contributed by atoms with Gasteiger partial charge >= 0.3 is 11.9 Å². The monoisotopic (exact) mass is 393 g/mol. The Balaban J connectivity index is 0.000000568. The highest BCUT2D eigenvalue weighted by molar-refractivity contribution is 6.27. The van der Waals surface area contributed by atoms with Gasteiger partial charge in [0.2, 0.25) is 0 Å². The average Bonchev–Trinajstić information content (AvgIpc) is 2.67. The molecule has 0 aromatic heterocycles. The maximum absolute atomic E-state index is 12.3. The molecule has 7 nitrogen and oxygen atoms in total. The molecule has 0 saturated heterocycles. The SMILES string of the molecule is CCCN(CCC)C1CCc2cccc(C(=O)COC)c2C1.O=C(O)C(=O)O. The maximum Gasteiger partial charge on any atom is 0.414 e. The third-order valence-corrected chi connectivity index (χ3v) is 4.76. The normalized spacial score (nSPS) is 15.4. The summed E-state index contributed by atoms with van der Waals surface area (Å²) >= 11 is 0. The van der Waals surface area contributed by atoms with Crippen LogP contribution in [0.5, 0.6) is 0 Å². The van der Waals surface area contributed by atoms with Crippen LogP contribution in [0.3, 0.4) is 0 Å². The summed E-state index contributed by atoms with van der Waals surface area (Å²) in [6.45, 7) is 6.97. The summed E-state index contributed by atoms with van der Waals surface area (Å²) in [6, 6.07) is 6.73. The van der Waals surface area contributed by atoms with Crippen LogP contribution in [0.2, 0.25) is 0 Å². The molecule has 0 heterocycles. The van der Waals surface area contributed by atoms with Crippen molar-refractivity contribution in [2.24, 2.45) is 0 Å². The molecule has 1 atom stereocenters. The van der Waals surface area contributed by atoms with Crippen LogP contribution < -0.4 is 0 Å². The van der Waals surface area contributed by atoms with Gasteiger partial charge in [-0.25, -0.2) is 9.59 Å². The Bertz CT molecular complexity index is 655. The Morgan fingerprint density at radius 3 is 2.21 bits per heavy atom. The van der Waals surface area contributed by atoms with Crippen molar-refractivity contribution in [1.82, 2.24) is 4.90 Å². The molecule has 0 fully saturated rings. The van der Waals surface area contributed by atoms with E-state index < -0.39 is 11.9 Å². The van der Waals surface area contributed by atoms with E-state index in [1.165, 1.54) is 30.4 Å². The first-order valence-corrected chi connectivity index (χ1v) is 9.68. The zero-order valence-corrected chi connectivity index (χ0v) is 16.9. The van der Waals surface area contributed by atoms with Crippen molar-refractivity contribution in [1.29, 1.82) is 0 Å². The van der Waals surface area contributed by atoms with Gasteiger partial charge in [-0.05, 0) is 56.3 Å². The molecule has 2 rings (SSSR count). The van der Waals surface area contributed by atoms with E-state index in [0.717, 1.165) is 31.5 Å². The summed E-state index contributed by atoms with van der Waals surface area (Å²) < 4.78 is 5.04. The van der Waals surface area contributed by atoms with Crippen molar-refractivity contribution in [3.8, 4) is 0 Å². The summed E-state index contributed by atoms with van der Waals surface area (Å²) in [5, 5.41) is 14.8. The molecule has 0 bridgehead atoms. The molecule has 0 radical (unpaired) electrons. The maximum atomic E-state index is 12.3. The number of carbonyl (C=O) groups excluding carboxylic acids is 1. The number of ketones is 1. The molecular formula is C21H31NO6. The number of carboxylic acid groups (broad SMARTS) is 2. The predicted molar refractivity (Wildman–Crippen MR) is 106 cm³/mol. The van der Waals surface area contributed by atoms with Gasteiger partial charge in [0.05, 0.1) is 0 Å². The number of fused-ring (bicyclic) bond motifs is 1. The largest absolute Gasteiger partial charge is 0.473 e. The second-order valence-electron chi connectivity index (χ2n) is 6.84. The first kappa shape index (κ1) is 23.8. The predicted octanol–water partition coefficient (Wildman–Crippen LogP) is 2.65. The minimum Gasteiger partial charge on any atom is -0.473 e. The van der Waals surface area contributed by atoms with Gasteiger partial charge in [-0.15, -0.1) is 0 Å². The summed E-state index contributed by atoms with van der Waals surface area (Å²) in [5.74, 6) is -3.54. The van der Waals surface area contributed by atoms with E-state index in [4.69, 9.17) is 24.5 Å². The van der Waals surface area contributed by atoms with E-state index in [2.05, 4.69) is 24.8 Å². The van der Waals surface area contributed by atoms with Crippen LogP contribution in [0.15, 0.2) is 18.2 Å². The fourth-order valence-electron chi connectivity index (χ4n) is 3.60. The van der Waals surface area contributed by atoms with Gasteiger partial charge in [0.15, 0.2) is 5.78 Å². The number of aliphatic carboxylic acids is 2. The van der Waals surface area contributed by atoms with Crippen LogP contribution in [0, 0.1) is 0 Å². The number of hydrogen-bond acceptors (Lipinski definition) is 5. The van der Waals surface area contributed by atoms with E-state index in [1.807, 2.05) is 12.1 Å². The molecule has 28 heavy (non-hydrogen) atoms. The van der Waals surface area contributed by atoms with Crippen molar-refractivity contribution in [2.45, 2.75) is 52.0 Å². The van der Waals surface area contributed by atoms with Crippen LogP contribution in [-0.4, -0.2) is 65.7 Å². The Labute approximate surface area is 166 Å². The van der Waals surface area contributed by atoms with E-state index in [0.29, 0.717) is 6.04 Å². The molecule has 1 unspecified atom stereocenters. The van der Waals surface area contributed by atoms with Crippen LogP contribution in [0.25, 0.3) is 0 Å². The lowest BCUT2D eigenvalue weighted by Gasteiger charge is -2.35. The highest BCUT2D eigenvalue weighted by Crippen LogP contribution is 2.28. The first-order chi connectivity index (χ1) is 13.3. The van der Waals surface area contributed by atoms with E-state index >= 15 is 0 Å². The first-order valence-electron chi connectivity index (χ1n) is 9.68. The topological polar surface area (TPSA) is 104 Å². The Morgan fingerprint density at radius 1 is 1.11 bits per heavy atom. The zero-order valence-electron chi connectivity index (χ0n) is 16.9. The molecule has 0 spiro atoms. The number of methoxy groups -OCH3 is 1. The van der Waals surface area contributed by atoms with Crippen LogP contribution in [0.4, 0.5) is 0 Å². The van der Waals surface area contributed by atoms with E-state index in [1.54, 1.807) is 7.11 Å². The molecule has 7 heteroatoms. The second kappa shape index (κ2) is 12.3. The highest BCUT2D eigenvalue weighted by Gasteiger charge is 2.26. The van der Waals surface area contributed by atoms with Gasteiger partial charge in [-0.3, -0.25) is 4.79 Å². The quantitative estimate of drug-likeness (QED) is 0.517. The van der Waals surface area contributed by atoms with Crippen LogP contribution in [-0.2, 0) is 27.2 Å². The molecule has 2 N–H and O–H groups in total. The lowest BCUT2D eigenvalue weighted by Crippen LogP contribution is -2.40. The van der Waals surface area contributed by atoms with Crippen molar-refractivity contribution in [3.63, 3.8) is 0 Å². The summed E-state index contributed by atoms with van der Waals surface area (Å²) in [6.07, 6.45) is 5.66. The van der Waals surface area contributed by atoms with Gasteiger partial charge in [0, 0.05) is 18.7 Å². The molecule has 1 aromatic carbocycles. The van der Waals surface area contributed by atoms with Gasteiger partial charge < -0.3 is 19.8 Å². The molecule has 1 aliphatic carbocycles. The van der Waals surface area contributed by atoms with Crippen molar-refractivity contribution >= 4 is 17.7 Å². The minimum atomic E-state index is -1.82. The van der Waals surface area contributed by atoms with Gasteiger partial charge in [0.1, 0.15) is 6.61 Å². The third kappa shape index (κ3) is 7.05. The lowest BCUT2D eigenvalue weighted by atomic mass is 9.83. The molecule has 0 aliphatic heterocycles. The lowest BCUT2D eigenvalue weighted by molar-refractivity contribution is -0.159. The Morgan fingerprint density at radius 2 is 1.71 bits per heavy atom. The van der Waals surface area contributed by atoms with Gasteiger partial charge in [-0.2, -0.15) is 0 Å². The number of rotatable bonds is 8. The van der Waals surface area contributed by atoms with Gasteiger partial charge in [-0.1, -0.05) is 32.0 Å². The summed E-state index contributed by atoms with van der Waals surface area (Å²) in [4.78, 5) is 33.1. The van der Waals surface area contributed by atoms with Crippen LogP contribution >= 0.6 is 0 Å². The number of ether oxygens (including phenoxy) is 1. The number of hydrogen-bond donors (Lipinski definition) is 2. The Hall–Kier alpha value is -2.25. The number of carboxylic acids is 2. The molecular weight excluding hydrogens is 362 g/mol. The number of benzene rings is 1. The number of Topliss-reactive ketones (excluding diaryl/α,β-unsaturated/α-hetero) is 1. The third-order valence-electron chi connectivity index (χ3n) is 4.76. The Kier molecular flexibility index (Phi) is 10.4. The van der Waals surface area contributed by atoms with Crippen LogP contribution in [0.1, 0.15) is 54.6 Å². The smallest absolute Gasteiger partial charge is 0.414 e. The molecule has 156 valence electrons. The molecule has 1 aromatic rings. The van der Waals surface area contributed by atoms with Gasteiger partial charge in [0.25, 0.3) is 0 Å². The van der Waals surface area contributed by atoms with Crippen molar-refractivity contribution in [3.05, 3.63) is 34.9 Å².